The number of aliphatic hydroxyl groups is 1. The van der Waals surface area contributed by atoms with Crippen LogP contribution in [0.3, 0.4) is 0 Å². The maximum atomic E-state index is 10.1. The van der Waals surface area contributed by atoms with E-state index in [0.717, 1.165) is 29.9 Å². The van der Waals surface area contributed by atoms with Crippen molar-refractivity contribution in [3.05, 3.63) is 66.4 Å². The molecule has 0 radical (unpaired) electrons. The molecule has 186 valence electrons. The van der Waals surface area contributed by atoms with Gasteiger partial charge < -0.3 is 19.5 Å². The number of nitrogens with zero attached hydrogens (tertiary/aromatic N) is 6. The summed E-state index contributed by atoms with van der Waals surface area (Å²) < 4.78 is 13.5. The van der Waals surface area contributed by atoms with Crippen LogP contribution in [0.4, 0.5) is 5.82 Å². The molecule has 1 unspecified atom stereocenters. The average molecular weight is 495 g/mol. The second-order valence-electron chi connectivity index (χ2n) is 9.56. The molecule has 1 aliphatic rings. The number of fused-ring (bicyclic) bond motifs is 1. The molecule has 0 aliphatic carbocycles. The van der Waals surface area contributed by atoms with Gasteiger partial charge >= 0.3 is 0 Å². The van der Waals surface area contributed by atoms with Gasteiger partial charge in [-0.05, 0) is 44.2 Å². The standard InChI is InChI=1S/C28H26N6O3/c1-4-21-6-7-22(15-30-21)37-23-9-10-33(16-23)26-8-5-19(13-31-26)25-11-24(36-18-28(2,3)35)17-34-27(25)20(12-29)14-32-34/h1,5-8,11,13-15,17,23,35H,9-10,16,18H2,2-3H3. The Bertz CT molecular complexity index is 1490. The number of hydrogen-bond donors (Lipinski definition) is 1. The van der Waals surface area contributed by atoms with E-state index in [1.54, 1.807) is 43.0 Å². The normalized spacial score (nSPS) is 15.4. The van der Waals surface area contributed by atoms with Crippen molar-refractivity contribution in [2.45, 2.75) is 32.0 Å². The molecular formula is C28H26N6O3. The Hall–Kier alpha value is -4.60. The van der Waals surface area contributed by atoms with Gasteiger partial charge in [0.1, 0.15) is 41.8 Å². The van der Waals surface area contributed by atoms with Crippen molar-refractivity contribution >= 4 is 11.3 Å². The SMILES string of the molecule is C#Cc1ccc(OC2CCN(c3ccc(-c4cc(OCC(C)(C)O)cn5ncc(C#N)c45)cn3)C2)cn1. The molecule has 1 fully saturated rings. The van der Waals surface area contributed by atoms with Crippen LogP contribution < -0.4 is 14.4 Å². The van der Waals surface area contributed by atoms with E-state index in [2.05, 4.69) is 27.0 Å². The molecule has 4 aromatic rings. The molecule has 37 heavy (non-hydrogen) atoms. The van der Waals surface area contributed by atoms with Crippen LogP contribution in [0.15, 0.2) is 55.1 Å². The Kier molecular flexibility index (Phi) is 6.39. The lowest BCUT2D eigenvalue weighted by Gasteiger charge is -2.19. The first kappa shape index (κ1) is 24.1. The fourth-order valence-electron chi connectivity index (χ4n) is 4.23. The van der Waals surface area contributed by atoms with Gasteiger partial charge in [-0.3, -0.25) is 0 Å². The number of pyridine rings is 3. The summed E-state index contributed by atoms with van der Waals surface area (Å²) in [6, 6.07) is 11.6. The van der Waals surface area contributed by atoms with Gasteiger partial charge in [-0.15, -0.1) is 6.42 Å². The van der Waals surface area contributed by atoms with Crippen LogP contribution in [-0.4, -0.2) is 56.1 Å². The summed E-state index contributed by atoms with van der Waals surface area (Å²) in [5.74, 6) is 4.57. The Morgan fingerprint density at radius 1 is 1.16 bits per heavy atom. The average Bonchev–Trinajstić information content (AvgIpc) is 3.54. The summed E-state index contributed by atoms with van der Waals surface area (Å²) in [6.45, 7) is 4.99. The molecule has 1 saturated heterocycles. The third-order valence-corrected chi connectivity index (χ3v) is 6.01. The summed E-state index contributed by atoms with van der Waals surface area (Å²) in [5, 5.41) is 24.0. The number of hydrogen-bond acceptors (Lipinski definition) is 8. The Balaban J connectivity index is 1.35. The third kappa shape index (κ3) is 5.32. The Morgan fingerprint density at radius 3 is 2.70 bits per heavy atom. The summed E-state index contributed by atoms with van der Waals surface area (Å²) in [7, 11) is 0. The van der Waals surface area contributed by atoms with E-state index in [0.29, 0.717) is 34.8 Å². The molecule has 5 heterocycles. The van der Waals surface area contributed by atoms with Crippen molar-refractivity contribution in [2.24, 2.45) is 0 Å². The minimum absolute atomic E-state index is 0.0224. The van der Waals surface area contributed by atoms with E-state index >= 15 is 0 Å². The van der Waals surface area contributed by atoms with E-state index in [-0.39, 0.29) is 12.7 Å². The first-order valence-corrected chi connectivity index (χ1v) is 11.9. The topological polar surface area (TPSA) is 109 Å². The van der Waals surface area contributed by atoms with Gasteiger partial charge in [-0.1, -0.05) is 5.92 Å². The van der Waals surface area contributed by atoms with Crippen molar-refractivity contribution < 1.29 is 14.6 Å². The smallest absolute Gasteiger partial charge is 0.138 e. The molecule has 5 rings (SSSR count). The summed E-state index contributed by atoms with van der Waals surface area (Å²) in [4.78, 5) is 11.1. The van der Waals surface area contributed by atoms with Crippen LogP contribution in [0.1, 0.15) is 31.5 Å². The molecule has 0 spiro atoms. The highest BCUT2D eigenvalue weighted by Crippen LogP contribution is 2.32. The molecular weight excluding hydrogens is 468 g/mol. The Morgan fingerprint density at radius 2 is 2.03 bits per heavy atom. The largest absolute Gasteiger partial charge is 0.489 e. The minimum Gasteiger partial charge on any atom is -0.489 e. The highest BCUT2D eigenvalue weighted by Gasteiger charge is 2.25. The van der Waals surface area contributed by atoms with Gasteiger partial charge in [0, 0.05) is 30.3 Å². The lowest BCUT2D eigenvalue weighted by Crippen LogP contribution is -2.27. The monoisotopic (exact) mass is 494 g/mol. The summed E-state index contributed by atoms with van der Waals surface area (Å²) in [6.07, 6.45) is 12.9. The number of ether oxygens (including phenoxy) is 2. The fraction of sp³-hybridized carbons (Fsp3) is 0.286. The predicted octanol–water partition coefficient (Wildman–Crippen LogP) is 3.45. The number of terminal acetylenes is 1. The first-order valence-electron chi connectivity index (χ1n) is 11.9. The summed E-state index contributed by atoms with van der Waals surface area (Å²) >= 11 is 0. The van der Waals surface area contributed by atoms with Gasteiger partial charge in [0.2, 0.25) is 0 Å². The zero-order valence-corrected chi connectivity index (χ0v) is 20.6. The van der Waals surface area contributed by atoms with E-state index in [1.807, 2.05) is 24.3 Å². The van der Waals surface area contributed by atoms with Gasteiger partial charge in [-0.25, -0.2) is 14.5 Å². The Labute approximate surface area is 214 Å². The zero-order chi connectivity index (χ0) is 26.0. The lowest BCUT2D eigenvalue weighted by atomic mass is 10.1. The van der Waals surface area contributed by atoms with Crippen LogP contribution in [0.2, 0.25) is 0 Å². The van der Waals surface area contributed by atoms with Crippen LogP contribution >= 0.6 is 0 Å². The maximum Gasteiger partial charge on any atom is 0.138 e. The molecule has 0 bridgehead atoms. The highest BCUT2D eigenvalue weighted by molar-refractivity contribution is 5.85. The molecule has 1 N–H and O–H groups in total. The molecule has 4 aromatic heterocycles. The fourth-order valence-corrected chi connectivity index (χ4v) is 4.23. The van der Waals surface area contributed by atoms with Gasteiger partial charge in [0.25, 0.3) is 0 Å². The molecule has 9 nitrogen and oxygen atoms in total. The quantitative estimate of drug-likeness (QED) is 0.389. The van der Waals surface area contributed by atoms with E-state index < -0.39 is 5.60 Å². The molecule has 0 saturated carbocycles. The molecule has 1 aliphatic heterocycles. The van der Waals surface area contributed by atoms with Crippen molar-refractivity contribution in [3.8, 4) is 41.0 Å². The van der Waals surface area contributed by atoms with Crippen molar-refractivity contribution in [1.29, 1.82) is 5.26 Å². The van der Waals surface area contributed by atoms with Crippen LogP contribution in [0.5, 0.6) is 11.5 Å². The van der Waals surface area contributed by atoms with Crippen LogP contribution in [-0.2, 0) is 0 Å². The van der Waals surface area contributed by atoms with Crippen LogP contribution in [0.25, 0.3) is 16.6 Å². The zero-order valence-electron chi connectivity index (χ0n) is 20.6. The summed E-state index contributed by atoms with van der Waals surface area (Å²) in [5.41, 5.74) is 2.32. The van der Waals surface area contributed by atoms with Crippen LogP contribution in [0, 0.1) is 23.7 Å². The molecule has 9 heteroatoms. The van der Waals surface area contributed by atoms with Crippen molar-refractivity contribution in [3.63, 3.8) is 0 Å². The lowest BCUT2D eigenvalue weighted by molar-refractivity contribution is 0.0283. The highest BCUT2D eigenvalue weighted by atomic mass is 16.5. The number of nitriles is 1. The van der Waals surface area contributed by atoms with Crippen molar-refractivity contribution in [1.82, 2.24) is 19.6 Å². The number of rotatable bonds is 7. The minimum atomic E-state index is -0.987. The second kappa shape index (κ2) is 9.81. The first-order chi connectivity index (χ1) is 17.8. The molecule has 1 atom stereocenters. The molecule has 0 aromatic carbocycles. The maximum absolute atomic E-state index is 10.1. The van der Waals surface area contributed by atoms with Gasteiger partial charge in [0.05, 0.1) is 41.8 Å². The van der Waals surface area contributed by atoms with Gasteiger partial charge in [-0.2, -0.15) is 10.4 Å². The third-order valence-electron chi connectivity index (χ3n) is 6.01. The number of aromatic nitrogens is 4. The van der Waals surface area contributed by atoms with E-state index in [4.69, 9.17) is 20.9 Å². The molecule has 0 amide bonds. The van der Waals surface area contributed by atoms with E-state index in [1.165, 1.54) is 6.20 Å². The number of anilines is 1. The predicted molar refractivity (Wildman–Crippen MR) is 138 cm³/mol. The van der Waals surface area contributed by atoms with Gasteiger partial charge in [0.15, 0.2) is 0 Å². The van der Waals surface area contributed by atoms with Crippen molar-refractivity contribution in [2.75, 3.05) is 24.6 Å². The second-order valence-corrected chi connectivity index (χ2v) is 9.56. The van der Waals surface area contributed by atoms with E-state index in [9.17, 15) is 10.4 Å².